The quantitative estimate of drug-likeness (QED) is 0.816. The largest absolute Gasteiger partial charge is 0.351 e. The molecule has 1 N–H and O–H groups in total. The smallest absolute Gasteiger partial charge is 0.233 e. The molecule has 0 bridgehead atoms. The molecule has 0 saturated heterocycles. The average molecular weight is 343 g/mol. The first-order valence-electron chi connectivity index (χ1n) is 6.15. The molecule has 1 atom stereocenters. The van der Waals surface area contributed by atoms with E-state index < -0.39 is 0 Å². The first-order valence-corrected chi connectivity index (χ1v) is 9.07. The van der Waals surface area contributed by atoms with E-state index in [1.54, 1.807) is 12.1 Å². The van der Waals surface area contributed by atoms with Gasteiger partial charge >= 0.3 is 0 Å². The Morgan fingerprint density at radius 2 is 2.00 bits per heavy atom. The molecule has 0 aliphatic heterocycles. The van der Waals surface area contributed by atoms with Crippen molar-refractivity contribution in [2.75, 3.05) is 6.26 Å². The van der Waals surface area contributed by atoms with Gasteiger partial charge < -0.3 is 5.32 Å². The van der Waals surface area contributed by atoms with Crippen LogP contribution >= 0.6 is 34.9 Å². The van der Waals surface area contributed by atoms with Crippen molar-refractivity contribution < 1.29 is 9.18 Å². The molecule has 21 heavy (non-hydrogen) atoms. The Kier molecular flexibility index (Phi) is 6.01. The van der Waals surface area contributed by atoms with E-state index in [0.29, 0.717) is 6.54 Å². The fourth-order valence-corrected chi connectivity index (χ4v) is 4.07. The number of hydrogen-bond acceptors (Lipinski definition) is 6. The molecule has 0 spiro atoms. The standard InChI is InChI=1S/C13H14FN3OS3/c1-8(20-13-17-16-12(19-2)21-13)11(18)15-7-9-3-5-10(14)6-4-9/h3-6,8H,7H2,1-2H3,(H,15,18). The van der Waals surface area contributed by atoms with Crippen LogP contribution in [-0.4, -0.2) is 27.6 Å². The summed E-state index contributed by atoms with van der Waals surface area (Å²) < 4.78 is 14.5. The number of amides is 1. The highest BCUT2D eigenvalue weighted by atomic mass is 32.2. The van der Waals surface area contributed by atoms with Crippen molar-refractivity contribution >= 4 is 40.8 Å². The summed E-state index contributed by atoms with van der Waals surface area (Å²) >= 11 is 4.40. The van der Waals surface area contributed by atoms with Crippen molar-refractivity contribution in [1.29, 1.82) is 0 Å². The molecule has 0 saturated carbocycles. The Bertz CT molecular complexity index is 603. The summed E-state index contributed by atoms with van der Waals surface area (Å²) in [5.41, 5.74) is 0.863. The molecule has 4 nitrogen and oxygen atoms in total. The molecule has 2 rings (SSSR count). The number of halogens is 1. The highest BCUT2D eigenvalue weighted by molar-refractivity contribution is 8.03. The zero-order chi connectivity index (χ0) is 15.2. The Balaban J connectivity index is 1.83. The normalized spacial score (nSPS) is 12.1. The molecule has 8 heteroatoms. The lowest BCUT2D eigenvalue weighted by molar-refractivity contribution is -0.120. The van der Waals surface area contributed by atoms with Crippen molar-refractivity contribution in [3.63, 3.8) is 0 Å². The number of benzene rings is 1. The van der Waals surface area contributed by atoms with Crippen molar-refractivity contribution in [3.8, 4) is 0 Å². The van der Waals surface area contributed by atoms with Crippen LogP contribution in [-0.2, 0) is 11.3 Å². The fraction of sp³-hybridized carbons (Fsp3) is 0.308. The monoisotopic (exact) mass is 343 g/mol. The van der Waals surface area contributed by atoms with Crippen LogP contribution < -0.4 is 5.32 Å². The Hall–Kier alpha value is -1.12. The van der Waals surface area contributed by atoms with Gasteiger partial charge in [-0.3, -0.25) is 4.79 Å². The average Bonchev–Trinajstić information content (AvgIpc) is 2.94. The third kappa shape index (κ3) is 4.98. The van der Waals surface area contributed by atoms with Gasteiger partial charge in [-0.15, -0.1) is 10.2 Å². The maximum Gasteiger partial charge on any atom is 0.233 e. The molecule has 1 aromatic carbocycles. The van der Waals surface area contributed by atoms with Crippen LogP contribution in [0.15, 0.2) is 32.9 Å². The predicted octanol–water partition coefficient (Wildman–Crippen LogP) is 3.20. The van der Waals surface area contributed by atoms with Crippen molar-refractivity contribution in [2.45, 2.75) is 27.4 Å². The van der Waals surface area contributed by atoms with Crippen LogP contribution in [0.25, 0.3) is 0 Å². The maximum absolute atomic E-state index is 12.8. The lowest BCUT2D eigenvalue weighted by Crippen LogP contribution is -2.30. The molecular weight excluding hydrogens is 329 g/mol. The Morgan fingerprint density at radius 1 is 1.33 bits per heavy atom. The van der Waals surface area contributed by atoms with Gasteiger partial charge in [0.1, 0.15) is 5.82 Å². The van der Waals surface area contributed by atoms with E-state index in [0.717, 1.165) is 14.2 Å². The summed E-state index contributed by atoms with van der Waals surface area (Å²) in [6, 6.07) is 6.07. The van der Waals surface area contributed by atoms with Gasteiger partial charge in [-0.05, 0) is 30.9 Å². The number of rotatable bonds is 6. The van der Waals surface area contributed by atoms with Crippen molar-refractivity contribution in [3.05, 3.63) is 35.6 Å². The number of thioether (sulfide) groups is 2. The highest BCUT2D eigenvalue weighted by Crippen LogP contribution is 2.30. The molecule has 0 aliphatic carbocycles. The molecular formula is C13H14FN3OS3. The van der Waals surface area contributed by atoms with Crippen molar-refractivity contribution in [2.24, 2.45) is 0 Å². The van der Waals surface area contributed by atoms with Gasteiger partial charge in [-0.25, -0.2) is 4.39 Å². The van der Waals surface area contributed by atoms with Crippen LogP contribution in [0.1, 0.15) is 12.5 Å². The van der Waals surface area contributed by atoms with Gasteiger partial charge in [0.15, 0.2) is 8.68 Å². The second kappa shape index (κ2) is 7.77. The number of nitrogens with zero attached hydrogens (tertiary/aromatic N) is 2. The Labute approximate surface area is 134 Å². The summed E-state index contributed by atoms with van der Waals surface area (Å²) in [7, 11) is 0. The topological polar surface area (TPSA) is 54.9 Å². The van der Waals surface area contributed by atoms with Crippen LogP contribution in [0.4, 0.5) is 4.39 Å². The van der Waals surface area contributed by atoms with Gasteiger partial charge in [-0.2, -0.15) is 0 Å². The molecule has 1 heterocycles. The zero-order valence-electron chi connectivity index (χ0n) is 11.5. The fourth-order valence-electron chi connectivity index (χ4n) is 1.47. The number of carbonyl (C=O) groups is 1. The van der Waals surface area contributed by atoms with Gasteiger partial charge in [0, 0.05) is 6.54 Å². The molecule has 1 amide bonds. The van der Waals surface area contributed by atoms with Crippen LogP contribution in [0.5, 0.6) is 0 Å². The van der Waals surface area contributed by atoms with E-state index in [9.17, 15) is 9.18 Å². The van der Waals surface area contributed by atoms with Gasteiger partial charge in [0.25, 0.3) is 0 Å². The lowest BCUT2D eigenvalue weighted by atomic mass is 10.2. The van der Waals surface area contributed by atoms with Crippen LogP contribution in [0.3, 0.4) is 0 Å². The molecule has 0 fully saturated rings. The van der Waals surface area contributed by atoms with E-state index in [2.05, 4.69) is 15.5 Å². The number of aromatic nitrogens is 2. The molecule has 1 unspecified atom stereocenters. The summed E-state index contributed by atoms with van der Waals surface area (Å²) in [5.74, 6) is -0.361. The van der Waals surface area contributed by atoms with E-state index in [1.165, 1.54) is 47.0 Å². The number of nitrogens with one attached hydrogen (secondary N) is 1. The molecule has 1 aromatic heterocycles. The second-order valence-electron chi connectivity index (χ2n) is 4.14. The Morgan fingerprint density at radius 3 is 2.62 bits per heavy atom. The summed E-state index contributed by atoms with van der Waals surface area (Å²) in [5, 5.41) is 10.6. The van der Waals surface area contributed by atoms with Crippen LogP contribution in [0, 0.1) is 5.82 Å². The minimum Gasteiger partial charge on any atom is -0.351 e. The van der Waals surface area contributed by atoms with Crippen molar-refractivity contribution in [1.82, 2.24) is 15.5 Å². The highest BCUT2D eigenvalue weighted by Gasteiger charge is 2.16. The maximum atomic E-state index is 12.8. The zero-order valence-corrected chi connectivity index (χ0v) is 13.9. The first kappa shape index (κ1) is 16.3. The molecule has 0 aliphatic rings. The van der Waals surface area contributed by atoms with Gasteiger partial charge in [0.2, 0.25) is 5.91 Å². The number of carbonyl (C=O) groups excluding carboxylic acids is 1. The van der Waals surface area contributed by atoms with E-state index in [-0.39, 0.29) is 17.0 Å². The predicted molar refractivity (Wildman–Crippen MR) is 85.3 cm³/mol. The molecule has 0 radical (unpaired) electrons. The first-order chi connectivity index (χ1) is 10.1. The van der Waals surface area contributed by atoms with E-state index in [1.807, 2.05) is 13.2 Å². The van der Waals surface area contributed by atoms with Gasteiger partial charge in [0.05, 0.1) is 5.25 Å². The minimum absolute atomic E-state index is 0.0785. The van der Waals surface area contributed by atoms with Crippen LogP contribution in [0.2, 0.25) is 0 Å². The van der Waals surface area contributed by atoms with Gasteiger partial charge in [-0.1, -0.05) is 47.0 Å². The minimum atomic E-state index is -0.283. The van der Waals surface area contributed by atoms with E-state index >= 15 is 0 Å². The summed E-state index contributed by atoms with van der Waals surface area (Å²) in [6.45, 7) is 2.21. The number of hydrogen-bond donors (Lipinski definition) is 1. The summed E-state index contributed by atoms with van der Waals surface area (Å²) in [6.07, 6.45) is 1.94. The second-order valence-corrected chi connectivity index (χ2v) is 7.76. The molecule has 112 valence electrons. The summed E-state index contributed by atoms with van der Waals surface area (Å²) in [4.78, 5) is 12.0. The van der Waals surface area contributed by atoms with E-state index in [4.69, 9.17) is 0 Å². The SMILES string of the molecule is CSc1nnc(SC(C)C(=O)NCc2ccc(F)cc2)s1. The third-order valence-corrected chi connectivity index (χ3v) is 5.67. The third-order valence-electron chi connectivity index (χ3n) is 2.59. The molecule has 2 aromatic rings. The lowest BCUT2D eigenvalue weighted by Gasteiger charge is -2.10.